The Morgan fingerprint density at radius 2 is 1.91 bits per heavy atom. The zero-order valence-corrected chi connectivity index (χ0v) is 13.0. The number of para-hydroxylation sites is 3. The summed E-state index contributed by atoms with van der Waals surface area (Å²) >= 11 is 0. The lowest BCUT2D eigenvalue weighted by atomic mass is 10.1. The fourth-order valence-electron chi connectivity index (χ4n) is 2.65. The van der Waals surface area contributed by atoms with Gasteiger partial charge in [0.2, 0.25) is 5.91 Å². The summed E-state index contributed by atoms with van der Waals surface area (Å²) in [5.41, 5.74) is 0.689. The van der Waals surface area contributed by atoms with Crippen molar-refractivity contribution in [3.05, 3.63) is 54.6 Å². The highest BCUT2D eigenvalue weighted by Gasteiger charge is 2.17. The van der Waals surface area contributed by atoms with Crippen LogP contribution in [0.15, 0.2) is 54.6 Å². The highest BCUT2D eigenvalue weighted by molar-refractivity contribution is 5.92. The Kier molecular flexibility index (Phi) is 5.27. The topological polar surface area (TPSA) is 47.6 Å². The number of amides is 1. The average Bonchev–Trinajstić information content (AvgIpc) is 3.09. The quantitative estimate of drug-likeness (QED) is 0.861. The molecule has 1 aliphatic rings. The summed E-state index contributed by atoms with van der Waals surface area (Å²) in [7, 11) is 0. The number of anilines is 1. The Labute approximate surface area is 136 Å². The molecule has 1 heterocycles. The highest BCUT2D eigenvalue weighted by atomic mass is 16.5. The molecule has 3 rings (SSSR count). The summed E-state index contributed by atoms with van der Waals surface area (Å²) in [6.45, 7) is 0.819. The van der Waals surface area contributed by atoms with Crippen LogP contribution in [-0.4, -0.2) is 18.6 Å². The van der Waals surface area contributed by atoms with E-state index in [9.17, 15) is 4.79 Å². The highest BCUT2D eigenvalue weighted by Crippen LogP contribution is 2.29. The molecule has 2 aromatic rings. The van der Waals surface area contributed by atoms with E-state index >= 15 is 0 Å². The van der Waals surface area contributed by atoms with Gasteiger partial charge in [0.1, 0.15) is 5.75 Å². The number of carbonyl (C=O) groups is 1. The van der Waals surface area contributed by atoms with Crippen LogP contribution in [0.25, 0.3) is 0 Å². The number of nitrogens with one attached hydrogen (secondary N) is 1. The number of ether oxygens (including phenoxy) is 2. The monoisotopic (exact) mass is 311 g/mol. The molecule has 0 aliphatic carbocycles. The molecule has 4 heteroatoms. The molecule has 1 atom stereocenters. The van der Waals surface area contributed by atoms with E-state index < -0.39 is 0 Å². The van der Waals surface area contributed by atoms with Crippen molar-refractivity contribution < 1.29 is 14.3 Å². The molecule has 23 heavy (non-hydrogen) atoms. The van der Waals surface area contributed by atoms with Crippen molar-refractivity contribution in [2.45, 2.75) is 31.8 Å². The first kappa shape index (κ1) is 15.6. The Bertz CT molecular complexity index is 636. The molecule has 0 radical (unpaired) electrons. The van der Waals surface area contributed by atoms with Gasteiger partial charge in [-0.1, -0.05) is 30.3 Å². The minimum Gasteiger partial charge on any atom is -0.455 e. The summed E-state index contributed by atoms with van der Waals surface area (Å²) in [6, 6.07) is 17.0. The zero-order valence-electron chi connectivity index (χ0n) is 13.0. The summed E-state index contributed by atoms with van der Waals surface area (Å²) in [5, 5.41) is 2.94. The molecule has 4 nitrogen and oxygen atoms in total. The molecule has 0 saturated carbocycles. The van der Waals surface area contributed by atoms with Gasteiger partial charge in [0.05, 0.1) is 11.8 Å². The molecule has 2 aromatic carbocycles. The predicted octanol–water partition coefficient (Wildman–Crippen LogP) is 4.38. The molecular formula is C19H21NO3. The summed E-state index contributed by atoms with van der Waals surface area (Å²) in [6.07, 6.45) is 3.62. The first-order valence-corrected chi connectivity index (χ1v) is 8.04. The van der Waals surface area contributed by atoms with E-state index in [1.165, 1.54) is 0 Å². The van der Waals surface area contributed by atoms with E-state index in [1.54, 1.807) is 0 Å². The third kappa shape index (κ3) is 4.57. The second-order valence-electron chi connectivity index (χ2n) is 5.63. The molecule has 1 unspecified atom stereocenters. The molecule has 0 aromatic heterocycles. The number of carbonyl (C=O) groups excluding carboxylic acids is 1. The van der Waals surface area contributed by atoms with Crippen LogP contribution in [-0.2, 0) is 9.53 Å². The van der Waals surface area contributed by atoms with E-state index in [4.69, 9.17) is 9.47 Å². The van der Waals surface area contributed by atoms with Gasteiger partial charge < -0.3 is 14.8 Å². The standard InChI is InChI=1S/C19H21NO3/c21-19(13-12-15-9-6-14-22-15)20-17-10-4-5-11-18(17)23-16-7-2-1-3-8-16/h1-5,7-8,10-11,15H,6,9,12-14H2,(H,20,21). The van der Waals surface area contributed by atoms with Crippen LogP contribution in [0.2, 0.25) is 0 Å². The SMILES string of the molecule is O=C(CCC1CCCO1)Nc1ccccc1Oc1ccccc1. The van der Waals surface area contributed by atoms with E-state index in [2.05, 4.69) is 5.32 Å². The lowest BCUT2D eigenvalue weighted by molar-refractivity contribution is -0.116. The Morgan fingerprint density at radius 1 is 1.13 bits per heavy atom. The van der Waals surface area contributed by atoms with Crippen LogP contribution >= 0.6 is 0 Å². The summed E-state index contributed by atoms with van der Waals surface area (Å²) in [4.78, 5) is 12.2. The van der Waals surface area contributed by atoms with Gasteiger partial charge in [-0.05, 0) is 43.5 Å². The second-order valence-corrected chi connectivity index (χ2v) is 5.63. The normalized spacial score (nSPS) is 17.0. The molecule has 0 spiro atoms. The molecule has 1 amide bonds. The fraction of sp³-hybridized carbons (Fsp3) is 0.316. The molecule has 1 fully saturated rings. The van der Waals surface area contributed by atoms with Gasteiger partial charge in [0.15, 0.2) is 5.75 Å². The first-order chi connectivity index (χ1) is 11.3. The van der Waals surface area contributed by atoms with Gasteiger partial charge in [-0.25, -0.2) is 0 Å². The van der Waals surface area contributed by atoms with Gasteiger partial charge in [-0.15, -0.1) is 0 Å². The van der Waals surface area contributed by atoms with E-state index in [-0.39, 0.29) is 12.0 Å². The number of hydrogen-bond acceptors (Lipinski definition) is 3. The predicted molar refractivity (Wildman–Crippen MR) is 89.8 cm³/mol. The third-order valence-corrected chi connectivity index (χ3v) is 3.85. The number of benzene rings is 2. The van der Waals surface area contributed by atoms with Gasteiger partial charge in [0, 0.05) is 13.0 Å². The Balaban J connectivity index is 1.59. The van der Waals surface area contributed by atoms with Gasteiger partial charge in [-0.2, -0.15) is 0 Å². The van der Waals surface area contributed by atoms with Crippen LogP contribution in [0.4, 0.5) is 5.69 Å². The molecule has 1 saturated heterocycles. The van der Waals surface area contributed by atoms with Crippen molar-refractivity contribution in [1.82, 2.24) is 0 Å². The second kappa shape index (κ2) is 7.79. The van der Waals surface area contributed by atoms with Crippen molar-refractivity contribution in [1.29, 1.82) is 0 Å². The van der Waals surface area contributed by atoms with Crippen LogP contribution in [0.5, 0.6) is 11.5 Å². The zero-order chi connectivity index (χ0) is 15.9. The van der Waals surface area contributed by atoms with Crippen LogP contribution in [0.3, 0.4) is 0 Å². The van der Waals surface area contributed by atoms with Crippen molar-refractivity contribution in [3.63, 3.8) is 0 Å². The minimum absolute atomic E-state index is 0.00962. The molecule has 1 N–H and O–H groups in total. The van der Waals surface area contributed by atoms with Gasteiger partial charge >= 0.3 is 0 Å². The maximum absolute atomic E-state index is 12.2. The first-order valence-electron chi connectivity index (χ1n) is 8.04. The Hall–Kier alpha value is -2.33. The van der Waals surface area contributed by atoms with Crippen LogP contribution in [0, 0.1) is 0 Å². The smallest absolute Gasteiger partial charge is 0.224 e. The van der Waals surface area contributed by atoms with Crippen LogP contribution < -0.4 is 10.1 Å². The third-order valence-electron chi connectivity index (χ3n) is 3.85. The van der Waals surface area contributed by atoms with Crippen molar-refractivity contribution in [2.24, 2.45) is 0 Å². The number of rotatable bonds is 6. The lowest BCUT2D eigenvalue weighted by Gasteiger charge is -2.13. The molecule has 120 valence electrons. The average molecular weight is 311 g/mol. The largest absolute Gasteiger partial charge is 0.455 e. The van der Waals surface area contributed by atoms with E-state index in [0.717, 1.165) is 31.6 Å². The lowest BCUT2D eigenvalue weighted by Crippen LogP contribution is -2.15. The maximum atomic E-state index is 12.2. The van der Waals surface area contributed by atoms with Crippen molar-refractivity contribution in [2.75, 3.05) is 11.9 Å². The number of hydrogen-bond donors (Lipinski definition) is 1. The minimum atomic E-state index is -0.00962. The maximum Gasteiger partial charge on any atom is 0.224 e. The van der Waals surface area contributed by atoms with Crippen molar-refractivity contribution in [3.8, 4) is 11.5 Å². The van der Waals surface area contributed by atoms with Crippen molar-refractivity contribution >= 4 is 11.6 Å². The molecule has 1 aliphatic heterocycles. The summed E-state index contributed by atoms with van der Waals surface area (Å²) < 4.78 is 11.4. The van der Waals surface area contributed by atoms with Gasteiger partial charge in [-0.3, -0.25) is 4.79 Å². The van der Waals surface area contributed by atoms with E-state index in [0.29, 0.717) is 17.9 Å². The van der Waals surface area contributed by atoms with Gasteiger partial charge in [0.25, 0.3) is 0 Å². The van der Waals surface area contributed by atoms with Crippen LogP contribution in [0.1, 0.15) is 25.7 Å². The summed E-state index contributed by atoms with van der Waals surface area (Å²) in [5.74, 6) is 1.38. The fourth-order valence-corrected chi connectivity index (χ4v) is 2.65. The van der Waals surface area contributed by atoms with E-state index in [1.807, 2.05) is 54.6 Å². The Morgan fingerprint density at radius 3 is 2.70 bits per heavy atom. The molecule has 0 bridgehead atoms. The molecular weight excluding hydrogens is 290 g/mol.